The van der Waals surface area contributed by atoms with E-state index in [4.69, 9.17) is 4.74 Å². The van der Waals surface area contributed by atoms with Crippen LogP contribution in [0.15, 0.2) is 48.5 Å². The molecule has 2 aromatic rings. The number of carbonyl (C=O) groups is 2. The normalized spacial score (nSPS) is 17.8. The van der Waals surface area contributed by atoms with E-state index in [1.54, 1.807) is 11.0 Å². The molecule has 0 aromatic heterocycles. The summed E-state index contributed by atoms with van der Waals surface area (Å²) in [7, 11) is 1.36. The van der Waals surface area contributed by atoms with Crippen molar-refractivity contribution in [3.05, 3.63) is 54.1 Å². The maximum absolute atomic E-state index is 12.4. The molecule has 4 nitrogen and oxygen atoms in total. The number of rotatable bonds is 3. The topological polar surface area (TPSA) is 46.6 Å². The van der Waals surface area contributed by atoms with Gasteiger partial charge in [-0.25, -0.2) is 4.79 Å². The van der Waals surface area contributed by atoms with Gasteiger partial charge in [0, 0.05) is 12.6 Å². The molecule has 1 heterocycles. The molecule has 1 atom stereocenters. The van der Waals surface area contributed by atoms with Crippen LogP contribution < -0.4 is 0 Å². The lowest BCUT2D eigenvalue weighted by molar-refractivity contribution is -0.149. The smallest absolute Gasteiger partial charge is 0.328 e. The number of ether oxygens (including phenoxy) is 1. The van der Waals surface area contributed by atoms with Crippen LogP contribution in [0.25, 0.3) is 16.8 Å². The molecule has 0 bridgehead atoms. The van der Waals surface area contributed by atoms with Crippen molar-refractivity contribution in [2.75, 3.05) is 13.7 Å². The SMILES string of the molecule is COC(=O)C1CCCN1C(=O)C=Cc1cccc2ccccc12. The van der Waals surface area contributed by atoms with Crippen molar-refractivity contribution in [3.8, 4) is 0 Å². The van der Waals surface area contributed by atoms with Crippen LogP contribution in [0.2, 0.25) is 0 Å². The molecule has 0 radical (unpaired) electrons. The van der Waals surface area contributed by atoms with Gasteiger partial charge in [-0.1, -0.05) is 42.5 Å². The molecule has 1 fully saturated rings. The Labute approximate surface area is 135 Å². The molecule has 4 heteroatoms. The zero-order chi connectivity index (χ0) is 16.2. The van der Waals surface area contributed by atoms with E-state index in [9.17, 15) is 9.59 Å². The first-order chi connectivity index (χ1) is 11.2. The minimum atomic E-state index is -0.454. The summed E-state index contributed by atoms with van der Waals surface area (Å²) in [6.45, 7) is 0.596. The summed E-state index contributed by atoms with van der Waals surface area (Å²) < 4.78 is 4.78. The highest BCUT2D eigenvalue weighted by atomic mass is 16.5. The fraction of sp³-hybridized carbons (Fsp3) is 0.263. The number of nitrogens with zero attached hydrogens (tertiary/aromatic N) is 1. The minimum absolute atomic E-state index is 0.147. The number of carbonyl (C=O) groups excluding carboxylic acids is 2. The summed E-state index contributed by atoms with van der Waals surface area (Å²) in [5, 5.41) is 2.24. The van der Waals surface area contributed by atoms with Crippen LogP contribution in [0.3, 0.4) is 0 Å². The lowest BCUT2D eigenvalue weighted by atomic mass is 10.0. The number of hydrogen-bond donors (Lipinski definition) is 0. The zero-order valence-corrected chi connectivity index (χ0v) is 13.1. The first-order valence-electron chi connectivity index (χ1n) is 7.75. The van der Waals surface area contributed by atoms with Gasteiger partial charge in [0.05, 0.1) is 7.11 Å². The molecule has 0 saturated carbocycles. The van der Waals surface area contributed by atoms with Gasteiger partial charge in [-0.15, -0.1) is 0 Å². The number of amides is 1. The van der Waals surface area contributed by atoms with Crippen molar-refractivity contribution in [2.24, 2.45) is 0 Å². The molecule has 23 heavy (non-hydrogen) atoms. The monoisotopic (exact) mass is 309 g/mol. The standard InChI is InChI=1S/C19H19NO3/c1-23-19(22)17-10-5-13-20(17)18(21)12-11-15-8-4-7-14-6-2-3-9-16(14)15/h2-4,6-9,11-12,17H,5,10,13H2,1H3. The predicted molar refractivity (Wildman–Crippen MR) is 89.7 cm³/mol. The van der Waals surface area contributed by atoms with E-state index in [-0.39, 0.29) is 11.9 Å². The summed E-state index contributed by atoms with van der Waals surface area (Å²) in [4.78, 5) is 25.7. The highest BCUT2D eigenvalue weighted by molar-refractivity contribution is 5.98. The summed E-state index contributed by atoms with van der Waals surface area (Å²) in [6.07, 6.45) is 4.86. The van der Waals surface area contributed by atoms with Crippen LogP contribution in [-0.4, -0.2) is 36.5 Å². The van der Waals surface area contributed by atoms with Crippen molar-refractivity contribution < 1.29 is 14.3 Å². The van der Waals surface area contributed by atoms with E-state index in [0.717, 1.165) is 22.8 Å². The average Bonchev–Trinajstić information content (AvgIpc) is 3.08. The fourth-order valence-electron chi connectivity index (χ4n) is 3.06. The summed E-state index contributed by atoms with van der Waals surface area (Å²) in [6, 6.07) is 13.6. The Bertz CT molecular complexity index is 761. The van der Waals surface area contributed by atoms with Gasteiger partial charge in [0.15, 0.2) is 0 Å². The van der Waals surface area contributed by atoms with Gasteiger partial charge in [-0.05, 0) is 35.3 Å². The number of esters is 1. The van der Waals surface area contributed by atoms with Gasteiger partial charge in [-0.3, -0.25) is 4.79 Å². The van der Waals surface area contributed by atoms with Crippen LogP contribution in [0.5, 0.6) is 0 Å². The van der Waals surface area contributed by atoms with Crippen molar-refractivity contribution in [1.82, 2.24) is 4.90 Å². The summed E-state index contributed by atoms with van der Waals surface area (Å²) >= 11 is 0. The van der Waals surface area contributed by atoms with E-state index in [1.165, 1.54) is 7.11 Å². The number of benzene rings is 2. The van der Waals surface area contributed by atoms with Crippen molar-refractivity contribution in [1.29, 1.82) is 0 Å². The third-order valence-electron chi connectivity index (χ3n) is 4.24. The van der Waals surface area contributed by atoms with E-state index < -0.39 is 6.04 Å². The third-order valence-corrected chi connectivity index (χ3v) is 4.24. The highest BCUT2D eigenvalue weighted by Crippen LogP contribution is 2.21. The minimum Gasteiger partial charge on any atom is -0.467 e. The van der Waals surface area contributed by atoms with Gasteiger partial charge in [0.25, 0.3) is 0 Å². The lowest BCUT2D eigenvalue weighted by Crippen LogP contribution is -2.40. The van der Waals surface area contributed by atoms with Crippen molar-refractivity contribution >= 4 is 28.7 Å². The third kappa shape index (κ3) is 3.11. The molecule has 0 spiro atoms. The molecule has 1 aliphatic rings. The quantitative estimate of drug-likeness (QED) is 0.647. The molecular formula is C19H19NO3. The van der Waals surface area contributed by atoms with Gasteiger partial charge in [0.1, 0.15) is 6.04 Å². The second kappa shape index (κ2) is 6.65. The number of fused-ring (bicyclic) bond motifs is 1. The van der Waals surface area contributed by atoms with Gasteiger partial charge >= 0.3 is 5.97 Å². The Morgan fingerprint density at radius 1 is 1.17 bits per heavy atom. The molecule has 1 unspecified atom stereocenters. The van der Waals surface area contributed by atoms with Crippen LogP contribution in [0, 0.1) is 0 Å². The molecule has 2 aromatic carbocycles. The number of likely N-dealkylation sites (tertiary alicyclic amines) is 1. The fourth-order valence-corrected chi connectivity index (χ4v) is 3.06. The van der Waals surface area contributed by atoms with E-state index in [2.05, 4.69) is 0 Å². The van der Waals surface area contributed by atoms with Gasteiger partial charge < -0.3 is 9.64 Å². The Kier molecular flexibility index (Phi) is 4.42. The highest BCUT2D eigenvalue weighted by Gasteiger charge is 2.33. The van der Waals surface area contributed by atoms with Crippen LogP contribution in [-0.2, 0) is 14.3 Å². The molecular weight excluding hydrogens is 290 g/mol. The van der Waals surface area contributed by atoms with E-state index in [0.29, 0.717) is 13.0 Å². The summed E-state index contributed by atoms with van der Waals surface area (Å²) in [5.41, 5.74) is 0.991. The molecule has 1 saturated heterocycles. The van der Waals surface area contributed by atoms with Crippen LogP contribution in [0.1, 0.15) is 18.4 Å². The largest absolute Gasteiger partial charge is 0.467 e. The Hall–Kier alpha value is -2.62. The van der Waals surface area contributed by atoms with Crippen LogP contribution >= 0.6 is 0 Å². The van der Waals surface area contributed by atoms with Crippen LogP contribution in [0.4, 0.5) is 0 Å². The average molecular weight is 309 g/mol. The predicted octanol–water partition coefficient (Wildman–Crippen LogP) is 3.02. The van der Waals surface area contributed by atoms with Gasteiger partial charge in [-0.2, -0.15) is 0 Å². The number of hydrogen-bond acceptors (Lipinski definition) is 3. The molecule has 1 amide bonds. The maximum Gasteiger partial charge on any atom is 0.328 e. The Morgan fingerprint density at radius 2 is 1.96 bits per heavy atom. The van der Waals surface area contributed by atoms with E-state index >= 15 is 0 Å². The van der Waals surface area contributed by atoms with Crippen molar-refractivity contribution in [3.63, 3.8) is 0 Å². The number of methoxy groups -OCH3 is 1. The summed E-state index contributed by atoms with van der Waals surface area (Å²) in [5.74, 6) is -0.486. The Morgan fingerprint density at radius 3 is 2.78 bits per heavy atom. The first-order valence-corrected chi connectivity index (χ1v) is 7.75. The van der Waals surface area contributed by atoms with Crippen molar-refractivity contribution in [2.45, 2.75) is 18.9 Å². The Balaban J connectivity index is 1.81. The molecule has 118 valence electrons. The molecule has 0 N–H and O–H groups in total. The molecule has 0 aliphatic carbocycles. The zero-order valence-electron chi connectivity index (χ0n) is 13.1. The maximum atomic E-state index is 12.4. The molecule has 3 rings (SSSR count). The second-order valence-electron chi connectivity index (χ2n) is 5.61. The first kappa shape index (κ1) is 15.3. The van der Waals surface area contributed by atoms with Gasteiger partial charge in [0.2, 0.25) is 5.91 Å². The second-order valence-corrected chi connectivity index (χ2v) is 5.61. The molecule has 1 aliphatic heterocycles. The van der Waals surface area contributed by atoms with E-state index in [1.807, 2.05) is 48.5 Å². The lowest BCUT2D eigenvalue weighted by Gasteiger charge is -2.21.